The number of hydrogen-bond acceptors (Lipinski definition) is 6. The number of hydrogen-bond donors (Lipinski definition) is 1. The van der Waals surface area contributed by atoms with Gasteiger partial charge in [0.1, 0.15) is 18.8 Å². The fourth-order valence-electron chi connectivity index (χ4n) is 6.63. The van der Waals surface area contributed by atoms with E-state index < -0.39 is 17.8 Å². The van der Waals surface area contributed by atoms with Gasteiger partial charge in [-0.2, -0.15) is 0 Å². The number of amides is 3. The lowest BCUT2D eigenvalue weighted by Gasteiger charge is -2.48. The summed E-state index contributed by atoms with van der Waals surface area (Å²) in [5.41, 5.74) is 7.42. The number of carbonyl (C=O) groups excluding carboxylic acids is 3. The first-order chi connectivity index (χ1) is 22.0. The first-order valence-electron chi connectivity index (χ1n) is 16.6. The van der Waals surface area contributed by atoms with Crippen LogP contribution >= 0.6 is 0 Å². The molecule has 2 aliphatic rings. The smallest absolute Gasteiger partial charge is 0.437 e. The molecule has 1 saturated carbocycles. The van der Waals surface area contributed by atoms with Crippen molar-refractivity contribution in [2.45, 2.75) is 97.4 Å². The van der Waals surface area contributed by atoms with Gasteiger partial charge in [-0.3, -0.25) is 0 Å². The summed E-state index contributed by atoms with van der Waals surface area (Å²) in [6, 6.07) is 18.6. The van der Waals surface area contributed by atoms with E-state index in [4.69, 9.17) is 19.9 Å². The number of benzene rings is 2. The van der Waals surface area contributed by atoms with Crippen LogP contribution in [-0.2, 0) is 27.4 Å². The molecule has 0 spiro atoms. The van der Waals surface area contributed by atoms with Crippen LogP contribution in [0.15, 0.2) is 65.7 Å². The summed E-state index contributed by atoms with van der Waals surface area (Å²) < 4.78 is 16.5. The first-order valence-corrected chi connectivity index (χ1v) is 16.6. The van der Waals surface area contributed by atoms with Gasteiger partial charge >= 0.3 is 18.3 Å². The molecule has 4 rings (SSSR count). The van der Waals surface area contributed by atoms with E-state index in [0.29, 0.717) is 25.4 Å². The quantitative estimate of drug-likeness (QED) is 0.171. The highest BCUT2D eigenvalue weighted by Gasteiger charge is 2.42. The highest BCUT2D eigenvalue weighted by atomic mass is 16.6. The van der Waals surface area contributed by atoms with Gasteiger partial charge in [0.2, 0.25) is 5.96 Å². The molecule has 3 amide bonds. The summed E-state index contributed by atoms with van der Waals surface area (Å²) in [5.74, 6) is 0.294. The van der Waals surface area contributed by atoms with Crippen molar-refractivity contribution < 1.29 is 28.6 Å². The molecule has 0 radical (unpaired) electrons. The highest BCUT2D eigenvalue weighted by Crippen LogP contribution is 2.49. The van der Waals surface area contributed by atoms with Gasteiger partial charge in [0.15, 0.2) is 0 Å². The molecule has 2 aromatic rings. The van der Waals surface area contributed by atoms with Crippen molar-refractivity contribution in [3.05, 3.63) is 71.8 Å². The number of guanidine groups is 1. The molecule has 0 atom stereocenters. The normalized spacial score (nSPS) is 17.2. The zero-order valence-electron chi connectivity index (χ0n) is 27.6. The largest absolute Gasteiger partial charge is 0.444 e. The van der Waals surface area contributed by atoms with Gasteiger partial charge in [-0.1, -0.05) is 79.9 Å². The Kier molecular flexibility index (Phi) is 12.5. The summed E-state index contributed by atoms with van der Waals surface area (Å²) in [6.07, 6.45) is 7.46. The molecular formula is C36H50N4O6. The molecule has 0 bridgehead atoms. The minimum absolute atomic E-state index is 0.0407. The van der Waals surface area contributed by atoms with Crippen molar-refractivity contribution >= 4 is 24.2 Å². The van der Waals surface area contributed by atoms with Crippen LogP contribution < -0.4 is 5.73 Å². The molecular weight excluding hydrogens is 584 g/mol. The second-order valence-electron chi connectivity index (χ2n) is 13.5. The van der Waals surface area contributed by atoms with Crippen molar-refractivity contribution in [2.75, 3.05) is 19.6 Å². The second kappa shape index (κ2) is 16.5. The monoisotopic (exact) mass is 634 g/mol. The number of rotatable bonds is 9. The van der Waals surface area contributed by atoms with Crippen molar-refractivity contribution in [3.8, 4) is 0 Å². The Morgan fingerprint density at radius 2 is 1.46 bits per heavy atom. The summed E-state index contributed by atoms with van der Waals surface area (Å²) in [4.78, 5) is 45.7. The zero-order chi connectivity index (χ0) is 33.0. The zero-order valence-corrected chi connectivity index (χ0v) is 27.6. The lowest BCUT2D eigenvalue weighted by Crippen LogP contribution is -2.48. The average molecular weight is 635 g/mol. The highest BCUT2D eigenvalue weighted by molar-refractivity contribution is 5.97. The molecule has 2 aromatic carbocycles. The second-order valence-corrected chi connectivity index (χ2v) is 13.5. The van der Waals surface area contributed by atoms with E-state index >= 15 is 0 Å². The SMILES string of the molecule is CC(C)(C)OC(=O)N1CCC(CCCN(C(=O)OCc2ccccc2)C(N)=NC(=O)OCc2ccccc2)(C2CCCCC2)CC1. The van der Waals surface area contributed by atoms with E-state index in [0.717, 1.165) is 30.4 Å². The molecule has 1 saturated heterocycles. The topological polar surface area (TPSA) is 124 Å². The average Bonchev–Trinajstić information content (AvgIpc) is 3.05. The maximum atomic E-state index is 13.3. The third-order valence-electron chi connectivity index (χ3n) is 9.05. The molecule has 10 nitrogen and oxygen atoms in total. The minimum Gasteiger partial charge on any atom is -0.444 e. The molecule has 46 heavy (non-hydrogen) atoms. The molecule has 1 aliphatic carbocycles. The Balaban J connectivity index is 1.43. The predicted octanol–water partition coefficient (Wildman–Crippen LogP) is 7.65. The molecule has 1 heterocycles. The molecule has 1 aliphatic heterocycles. The Morgan fingerprint density at radius 1 is 0.891 bits per heavy atom. The third-order valence-corrected chi connectivity index (χ3v) is 9.05. The first kappa shape index (κ1) is 34.8. The lowest BCUT2D eigenvalue weighted by molar-refractivity contribution is -0.0102. The van der Waals surface area contributed by atoms with Crippen LogP contribution in [0.4, 0.5) is 14.4 Å². The maximum absolute atomic E-state index is 13.3. The Hall–Kier alpha value is -4.08. The van der Waals surface area contributed by atoms with E-state index in [1.807, 2.05) is 86.3 Å². The van der Waals surface area contributed by atoms with E-state index in [9.17, 15) is 14.4 Å². The summed E-state index contributed by atoms with van der Waals surface area (Å²) in [5, 5.41) is 0. The number of likely N-dealkylation sites (tertiary alicyclic amines) is 1. The minimum atomic E-state index is -0.879. The maximum Gasteiger partial charge on any atom is 0.437 e. The Morgan fingerprint density at radius 3 is 2.02 bits per heavy atom. The summed E-state index contributed by atoms with van der Waals surface area (Å²) in [7, 11) is 0. The Bertz CT molecular complexity index is 1300. The van der Waals surface area contributed by atoms with Crippen LogP contribution in [0.5, 0.6) is 0 Å². The number of nitrogens with zero attached hydrogens (tertiary/aromatic N) is 3. The predicted molar refractivity (Wildman–Crippen MR) is 177 cm³/mol. The van der Waals surface area contributed by atoms with Crippen LogP contribution in [0.2, 0.25) is 0 Å². The number of nitrogens with two attached hydrogens (primary N) is 1. The Labute approximate surface area is 273 Å². The van der Waals surface area contributed by atoms with E-state index in [1.54, 1.807) is 0 Å². The van der Waals surface area contributed by atoms with Crippen LogP contribution in [0, 0.1) is 11.3 Å². The number of aliphatic imine (C=N–C) groups is 1. The molecule has 0 aromatic heterocycles. The van der Waals surface area contributed by atoms with Crippen LogP contribution in [0.1, 0.15) is 89.7 Å². The number of carbonyl (C=O) groups is 3. The molecule has 0 unspecified atom stereocenters. The van der Waals surface area contributed by atoms with Crippen LogP contribution in [0.25, 0.3) is 0 Å². The molecule has 10 heteroatoms. The van der Waals surface area contributed by atoms with Gasteiger partial charge in [0.25, 0.3) is 0 Å². The van der Waals surface area contributed by atoms with Crippen molar-refractivity contribution in [1.29, 1.82) is 0 Å². The van der Waals surface area contributed by atoms with Gasteiger partial charge in [0, 0.05) is 19.6 Å². The summed E-state index contributed by atoms with van der Waals surface area (Å²) in [6.45, 7) is 7.28. The van der Waals surface area contributed by atoms with E-state index in [-0.39, 0.29) is 37.2 Å². The van der Waals surface area contributed by atoms with Gasteiger partial charge in [0.05, 0.1) is 0 Å². The van der Waals surface area contributed by atoms with Gasteiger partial charge in [-0.15, -0.1) is 4.99 Å². The molecule has 2 N–H and O–H groups in total. The fourth-order valence-corrected chi connectivity index (χ4v) is 6.63. The van der Waals surface area contributed by atoms with Crippen LogP contribution in [-0.4, -0.2) is 59.3 Å². The third kappa shape index (κ3) is 10.5. The lowest BCUT2D eigenvalue weighted by atomic mass is 9.62. The molecule has 2 fully saturated rings. The standard InChI is InChI=1S/C36H50N4O6/c1-35(2,3)46-33(42)39-24-21-36(22-25-39,30-18-11-6-12-19-30)20-13-23-40(34(43)45-27-29-16-9-5-10-17-29)31(37)38-32(41)44-26-28-14-7-4-8-15-28/h4-5,7-10,14-17,30H,6,11-13,18-27H2,1-3H3,(H2,37,38,41). The van der Waals surface area contributed by atoms with E-state index in [1.165, 1.54) is 37.0 Å². The van der Waals surface area contributed by atoms with Gasteiger partial charge < -0.3 is 24.8 Å². The van der Waals surface area contributed by atoms with Crippen molar-refractivity contribution in [3.63, 3.8) is 0 Å². The number of piperidine rings is 1. The van der Waals surface area contributed by atoms with Gasteiger partial charge in [-0.05, 0) is 81.8 Å². The van der Waals surface area contributed by atoms with Gasteiger partial charge in [-0.25, -0.2) is 19.3 Å². The fraction of sp³-hybridized carbons (Fsp3) is 0.556. The number of ether oxygens (including phenoxy) is 3. The molecule has 250 valence electrons. The van der Waals surface area contributed by atoms with Crippen molar-refractivity contribution in [2.24, 2.45) is 22.1 Å². The van der Waals surface area contributed by atoms with E-state index in [2.05, 4.69) is 4.99 Å². The summed E-state index contributed by atoms with van der Waals surface area (Å²) >= 11 is 0. The van der Waals surface area contributed by atoms with Crippen molar-refractivity contribution in [1.82, 2.24) is 9.80 Å². The van der Waals surface area contributed by atoms with Crippen LogP contribution in [0.3, 0.4) is 0 Å².